The molecule has 0 saturated carbocycles. The Kier molecular flexibility index (Phi) is 5.97. The summed E-state index contributed by atoms with van der Waals surface area (Å²) in [5, 5.41) is 12.0. The van der Waals surface area contributed by atoms with Crippen LogP contribution in [0.15, 0.2) is 66.9 Å². The van der Waals surface area contributed by atoms with E-state index in [1.54, 1.807) is 36.5 Å². The summed E-state index contributed by atoms with van der Waals surface area (Å²) in [5.74, 6) is 0.271. The van der Waals surface area contributed by atoms with E-state index in [2.05, 4.69) is 38.4 Å². The SMILES string of the molecule is N#Cc1ccc(Nc2nccc(C(=O)N3CCN(Cc4ccccc4)CC3)n2)cc1. The minimum atomic E-state index is -0.0837. The summed E-state index contributed by atoms with van der Waals surface area (Å²) in [7, 11) is 0. The molecular weight excluding hydrogens is 376 g/mol. The summed E-state index contributed by atoms with van der Waals surface area (Å²) in [4.78, 5) is 25.7. The van der Waals surface area contributed by atoms with Gasteiger partial charge in [0.2, 0.25) is 5.95 Å². The van der Waals surface area contributed by atoms with Crippen LogP contribution in [-0.4, -0.2) is 51.9 Å². The maximum absolute atomic E-state index is 12.9. The molecule has 0 radical (unpaired) electrons. The van der Waals surface area contributed by atoms with Gasteiger partial charge in [-0.15, -0.1) is 0 Å². The minimum Gasteiger partial charge on any atom is -0.335 e. The predicted octanol–water partition coefficient (Wildman–Crippen LogP) is 3.05. The second kappa shape index (κ2) is 9.16. The van der Waals surface area contributed by atoms with Crippen LogP contribution in [0.25, 0.3) is 0 Å². The van der Waals surface area contributed by atoms with Crippen molar-refractivity contribution in [1.29, 1.82) is 5.26 Å². The first-order chi connectivity index (χ1) is 14.7. The van der Waals surface area contributed by atoms with E-state index >= 15 is 0 Å². The van der Waals surface area contributed by atoms with Crippen molar-refractivity contribution < 1.29 is 4.79 Å². The molecule has 7 nitrogen and oxygen atoms in total. The summed E-state index contributed by atoms with van der Waals surface area (Å²) >= 11 is 0. The van der Waals surface area contributed by atoms with Gasteiger partial charge in [0.25, 0.3) is 5.91 Å². The Morgan fingerprint density at radius 1 is 1.00 bits per heavy atom. The molecule has 0 unspecified atom stereocenters. The molecule has 1 fully saturated rings. The Morgan fingerprint density at radius 2 is 1.73 bits per heavy atom. The van der Waals surface area contributed by atoms with E-state index < -0.39 is 0 Å². The number of hydrogen-bond donors (Lipinski definition) is 1. The summed E-state index contributed by atoms with van der Waals surface area (Å²) < 4.78 is 0. The van der Waals surface area contributed by atoms with Crippen molar-refractivity contribution >= 4 is 17.5 Å². The molecule has 7 heteroatoms. The number of amides is 1. The third-order valence-electron chi connectivity index (χ3n) is 5.05. The van der Waals surface area contributed by atoms with Crippen LogP contribution >= 0.6 is 0 Å². The molecular formula is C23H22N6O. The van der Waals surface area contributed by atoms with E-state index in [1.807, 2.05) is 23.1 Å². The molecule has 0 aliphatic carbocycles. The predicted molar refractivity (Wildman–Crippen MR) is 114 cm³/mol. The van der Waals surface area contributed by atoms with Crippen molar-refractivity contribution in [3.63, 3.8) is 0 Å². The number of carbonyl (C=O) groups is 1. The first-order valence-electron chi connectivity index (χ1n) is 9.87. The molecule has 1 aliphatic rings. The number of anilines is 2. The van der Waals surface area contributed by atoms with Crippen LogP contribution < -0.4 is 5.32 Å². The Labute approximate surface area is 175 Å². The Balaban J connectivity index is 1.35. The van der Waals surface area contributed by atoms with Crippen molar-refractivity contribution in [3.05, 3.63) is 83.7 Å². The lowest BCUT2D eigenvalue weighted by atomic mass is 10.2. The normalized spacial score (nSPS) is 14.2. The molecule has 1 aliphatic heterocycles. The highest BCUT2D eigenvalue weighted by Gasteiger charge is 2.23. The molecule has 30 heavy (non-hydrogen) atoms. The minimum absolute atomic E-state index is 0.0837. The zero-order chi connectivity index (χ0) is 20.8. The molecule has 0 atom stereocenters. The third kappa shape index (κ3) is 4.80. The molecule has 2 aromatic carbocycles. The highest BCUT2D eigenvalue weighted by Crippen LogP contribution is 2.15. The van der Waals surface area contributed by atoms with Gasteiger partial charge in [0.05, 0.1) is 11.6 Å². The summed E-state index contributed by atoms with van der Waals surface area (Å²) in [6.45, 7) is 3.92. The van der Waals surface area contributed by atoms with E-state index in [4.69, 9.17) is 5.26 Å². The monoisotopic (exact) mass is 398 g/mol. The molecule has 1 amide bonds. The molecule has 0 spiro atoms. The molecule has 1 N–H and O–H groups in total. The topological polar surface area (TPSA) is 85.1 Å². The van der Waals surface area contributed by atoms with Gasteiger partial charge in [-0.2, -0.15) is 5.26 Å². The van der Waals surface area contributed by atoms with Gasteiger partial charge in [-0.3, -0.25) is 9.69 Å². The molecule has 4 rings (SSSR count). The van der Waals surface area contributed by atoms with Crippen LogP contribution in [0.4, 0.5) is 11.6 Å². The highest BCUT2D eigenvalue weighted by atomic mass is 16.2. The van der Waals surface area contributed by atoms with Crippen molar-refractivity contribution in [1.82, 2.24) is 19.8 Å². The fraction of sp³-hybridized carbons (Fsp3) is 0.217. The lowest BCUT2D eigenvalue weighted by Gasteiger charge is -2.34. The molecule has 3 aromatic rings. The largest absolute Gasteiger partial charge is 0.335 e. The smallest absolute Gasteiger partial charge is 0.272 e. The first kappa shape index (κ1) is 19.6. The number of nitrogens with one attached hydrogen (secondary N) is 1. The zero-order valence-corrected chi connectivity index (χ0v) is 16.5. The van der Waals surface area contributed by atoms with Crippen LogP contribution in [0.3, 0.4) is 0 Å². The molecule has 2 heterocycles. The Bertz CT molecular complexity index is 1040. The molecule has 1 saturated heterocycles. The van der Waals surface area contributed by atoms with E-state index in [9.17, 15) is 4.79 Å². The quantitative estimate of drug-likeness (QED) is 0.711. The van der Waals surface area contributed by atoms with Gasteiger partial charge >= 0.3 is 0 Å². The lowest BCUT2D eigenvalue weighted by molar-refractivity contribution is 0.0622. The number of hydrogen-bond acceptors (Lipinski definition) is 6. The Hall–Kier alpha value is -3.76. The average Bonchev–Trinajstić information content (AvgIpc) is 2.80. The third-order valence-corrected chi connectivity index (χ3v) is 5.05. The maximum atomic E-state index is 12.9. The number of aromatic nitrogens is 2. The summed E-state index contributed by atoms with van der Waals surface area (Å²) in [6, 6.07) is 21.1. The second-order valence-electron chi connectivity index (χ2n) is 7.13. The number of carbonyl (C=O) groups excluding carboxylic acids is 1. The van der Waals surface area contributed by atoms with Gasteiger partial charge in [-0.1, -0.05) is 30.3 Å². The van der Waals surface area contributed by atoms with Crippen molar-refractivity contribution in [2.24, 2.45) is 0 Å². The van der Waals surface area contributed by atoms with Gasteiger partial charge < -0.3 is 10.2 Å². The second-order valence-corrected chi connectivity index (χ2v) is 7.13. The van der Waals surface area contributed by atoms with Crippen LogP contribution in [0.1, 0.15) is 21.6 Å². The van der Waals surface area contributed by atoms with Gasteiger partial charge in [0, 0.05) is 44.6 Å². The van der Waals surface area contributed by atoms with Gasteiger partial charge in [-0.05, 0) is 35.9 Å². The number of benzene rings is 2. The van der Waals surface area contributed by atoms with Crippen LogP contribution in [0.2, 0.25) is 0 Å². The summed E-state index contributed by atoms with van der Waals surface area (Å²) in [5.41, 5.74) is 2.99. The standard InChI is InChI=1S/C23H22N6O/c24-16-18-6-8-20(9-7-18)26-23-25-11-10-21(27-23)22(30)29-14-12-28(13-15-29)17-19-4-2-1-3-5-19/h1-11H,12-15,17H2,(H,25,26,27). The zero-order valence-electron chi connectivity index (χ0n) is 16.5. The number of nitriles is 1. The molecule has 1 aromatic heterocycles. The van der Waals surface area contributed by atoms with Gasteiger partial charge in [0.1, 0.15) is 5.69 Å². The summed E-state index contributed by atoms with van der Waals surface area (Å²) in [6.07, 6.45) is 1.58. The van der Waals surface area contributed by atoms with Crippen molar-refractivity contribution in [3.8, 4) is 6.07 Å². The van der Waals surface area contributed by atoms with Crippen LogP contribution in [0.5, 0.6) is 0 Å². The van der Waals surface area contributed by atoms with E-state index in [1.165, 1.54) is 5.56 Å². The fourth-order valence-corrected chi connectivity index (χ4v) is 3.41. The van der Waals surface area contributed by atoms with Crippen LogP contribution in [0, 0.1) is 11.3 Å². The maximum Gasteiger partial charge on any atom is 0.272 e. The average molecular weight is 398 g/mol. The molecule has 0 bridgehead atoms. The Morgan fingerprint density at radius 3 is 2.43 bits per heavy atom. The van der Waals surface area contributed by atoms with Crippen molar-refractivity contribution in [2.45, 2.75) is 6.54 Å². The lowest BCUT2D eigenvalue weighted by Crippen LogP contribution is -2.48. The molecule has 150 valence electrons. The number of nitrogens with zero attached hydrogens (tertiary/aromatic N) is 5. The fourth-order valence-electron chi connectivity index (χ4n) is 3.41. The number of rotatable bonds is 5. The van der Waals surface area contributed by atoms with E-state index in [0.717, 1.165) is 25.3 Å². The van der Waals surface area contributed by atoms with E-state index in [-0.39, 0.29) is 5.91 Å². The first-order valence-corrected chi connectivity index (χ1v) is 9.87. The van der Waals surface area contributed by atoms with Crippen LogP contribution in [-0.2, 0) is 6.54 Å². The van der Waals surface area contributed by atoms with Gasteiger partial charge in [0.15, 0.2) is 0 Å². The van der Waals surface area contributed by atoms with Gasteiger partial charge in [-0.25, -0.2) is 9.97 Å². The number of piperazine rings is 1. The highest BCUT2D eigenvalue weighted by molar-refractivity contribution is 5.92. The van der Waals surface area contributed by atoms with E-state index in [0.29, 0.717) is 30.3 Å². The van der Waals surface area contributed by atoms with Crippen molar-refractivity contribution in [2.75, 3.05) is 31.5 Å².